The van der Waals surface area contributed by atoms with Crippen molar-refractivity contribution in [1.82, 2.24) is 28.8 Å². The third-order valence-corrected chi connectivity index (χ3v) is 5.93. The maximum atomic E-state index is 14.2. The molecule has 3 heterocycles. The van der Waals surface area contributed by atoms with Crippen molar-refractivity contribution in [3.63, 3.8) is 0 Å². The molecule has 0 unspecified atom stereocenters. The summed E-state index contributed by atoms with van der Waals surface area (Å²) in [6.07, 6.45) is 4.56. The lowest BCUT2D eigenvalue weighted by Gasteiger charge is -2.10. The first-order chi connectivity index (χ1) is 15.8. The number of hydrogen-bond acceptors (Lipinski definition) is 3. The van der Waals surface area contributed by atoms with Gasteiger partial charge in [-0.3, -0.25) is 0 Å². The Morgan fingerprint density at radius 3 is 2.42 bits per heavy atom. The van der Waals surface area contributed by atoms with Crippen LogP contribution in [0.3, 0.4) is 0 Å². The lowest BCUT2D eigenvalue weighted by atomic mass is 10.1. The number of fused-ring (bicyclic) bond motifs is 2. The van der Waals surface area contributed by atoms with Crippen LogP contribution < -0.4 is 5.69 Å². The van der Waals surface area contributed by atoms with Crippen LogP contribution in [0.5, 0.6) is 0 Å². The molecule has 2 aromatic carbocycles. The summed E-state index contributed by atoms with van der Waals surface area (Å²) in [5, 5.41) is 8.02. The number of benzene rings is 2. The monoisotopic (exact) mass is 450 g/mol. The van der Waals surface area contributed by atoms with Crippen molar-refractivity contribution < 1.29 is 8.78 Å². The van der Waals surface area contributed by atoms with E-state index in [0.717, 1.165) is 24.0 Å². The number of nitrogens with zero attached hydrogens (tertiary/aromatic N) is 5. The van der Waals surface area contributed by atoms with Gasteiger partial charge in [0, 0.05) is 47.8 Å². The van der Waals surface area contributed by atoms with Gasteiger partial charge in [0.1, 0.15) is 11.6 Å². The minimum atomic E-state index is -0.449. The zero-order chi connectivity index (χ0) is 23.3. The number of aromatic amines is 1. The van der Waals surface area contributed by atoms with Crippen LogP contribution in [0.4, 0.5) is 8.78 Å². The zero-order valence-electron chi connectivity index (χ0n) is 18.6. The van der Waals surface area contributed by atoms with Gasteiger partial charge < -0.3 is 14.0 Å². The van der Waals surface area contributed by atoms with Gasteiger partial charge in [0.2, 0.25) is 0 Å². The second-order valence-electron chi connectivity index (χ2n) is 8.53. The van der Waals surface area contributed by atoms with Gasteiger partial charge >= 0.3 is 5.69 Å². The first-order valence-electron chi connectivity index (χ1n) is 10.7. The molecule has 1 N–H and O–H groups in total. The molecule has 7 nitrogen and oxygen atoms in total. The van der Waals surface area contributed by atoms with Crippen LogP contribution >= 0.6 is 0 Å². The number of halogens is 2. The Morgan fingerprint density at radius 1 is 1.00 bits per heavy atom. The van der Waals surface area contributed by atoms with E-state index in [1.807, 2.05) is 42.7 Å². The molecule has 3 aromatic heterocycles. The third kappa shape index (κ3) is 3.64. The molecule has 5 aromatic rings. The minimum Gasteiger partial charge on any atom is -0.350 e. The van der Waals surface area contributed by atoms with Crippen molar-refractivity contribution in [2.45, 2.75) is 13.0 Å². The molecule has 5 rings (SSSR count). The van der Waals surface area contributed by atoms with Crippen LogP contribution in [0.25, 0.3) is 38.9 Å². The van der Waals surface area contributed by atoms with Gasteiger partial charge in [0.25, 0.3) is 0 Å². The predicted molar refractivity (Wildman–Crippen MR) is 125 cm³/mol. The first kappa shape index (κ1) is 21.1. The van der Waals surface area contributed by atoms with E-state index in [1.54, 1.807) is 12.1 Å². The molecule has 0 saturated carbocycles. The normalized spacial score (nSPS) is 11.9. The second-order valence-corrected chi connectivity index (χ2v) is 8.53. The molecule has 0 fully saturated rings. The molecule has 0 saturated heterocycles. The van der Waals surface area contributed by atoms with Crippen LogP contribution in [0, 0.1) is 11.6 Å². The second kappa shape index (κ2) is 8.00. The van der Waals surface area contributed by atoms with Crippen LogP contribution in [0.1, 0.15) is 6.42 Å². The maximum Gasteiger partial charge on any atom is 0.348 e. The molecule has 0 spiro atoms. The van der Waals surface area contributed by atoms with E-state index in [4.69, 9.17) is 0 Å². The molecule has 170 valence electrons. The van der Waals surface area contributed by atoms with E-state index in [-0.39, 0.29) is 11.6 Å². The Hall–Kier alpha value is -3.72. The van der Waals surface area contributed by atoms with E-state index in [1.165, 1.54) is 28.8 Å². The van der Waals surface area contributed by atoms with Crippen LogP contribution in [-0.4, -0.2) is 49.4 Å². The van der Waals surface area contributed by atoms with Gasteiger partial charge in [-0.1, -0.05) is 0 Å². The summed E-state index contributed by atoms with van der Waals surface area (Å²) >= 11 is 0. The molecule has 33 heavy (non-hydrogen) atoms. The van der Waals surface area contributed by atoms with Crippen molar-refractivity contribution >= 4 is 21.8 Å². The van der Waals surface area contributed by atoms with Crippen molar-refractivity contribution in [3.05, 3.63) is 70.9 Å². The number of aromatic nitrogens is 5. The Morgan fingerprint density at radius 2 is 1.70 bits per heavy atom. The van der Waals surface area contributed by atoms with E-state index in [2.05, 4.69) is 15.1 Å². The summed E-state index contributed by atoms with van der Waals surface area (Å²) in [6, 6.07) is 9.09. The van der Waals surface area contributed by atoms with Crippen molar-refractivity contribution in [1.29, 1.82) is 0 Å². The highest BCUT2D eigenvalue weighted by Crippen LogP contribution is 2.32. The Balaban J connectivity index is 1.72. The van der Waals surface area contributed by atoms with Crippen LogP contribution in [0.15, 0.2) is 53.6 Å². The molecule has 9 heteroatoms. The Labute approximate surface area is 188 Å². The van der Waals surface area contributed by atoms with Gasteiger partial charge in [0.05, 0.1) is 11.2 Å². The van der Waals surface area contributed by atoms with Gasteiger partial charge in [-0.15, -0.1) is 0 Å². The van der Waals surface area contributed by atoms with Crippen LogP contribution in [0.2, 0.25) is 0 Å². The summed E-state index contributed by atoms with van der Waals surface area (Å²) in [5.41, 5.74) is 2.32. The molecule has 0 radical (unpaired) electrons. The summed E-state index contributed by atoms with van der Waals surface area (Å²) in [6.45, 7) is 1.61. The molecule has 0 bridgehead atoms. The highest BCUT2D eigenvalue weighted by Gasteiger charge is 2.21. The fraction of sp³-hybridized carbons (Fsp3) is 0.250. The molecule has 0 aliphatic heterocycles. The average molecular weight is 450 g/mol. The SMILES string of the molecule is CN(C)CCCn1cc(-n2c(-c3cn(C)c4ccc(F)cc34)n[nH]c2=O)c2cc(F)ccc21. The molecular weight excluding hydrogens is 426 g/mol. The van der Waals surface area contributed by atoms with Crippen LogP contribution in [-0.2, 0) is 13.6 Å². The Kier molecular flexibility index (Phi) is 5.13. The van der Waals surface area contributed by atoms with E-state index >= 15 is 0 Å². The fourth-order valence-corrected chi connectivity index (χ4v) is 4.41. The van der Waals surface area contributed by atoms with Gasteiger partial charge in [0.15, 0.2) is 5.82 Å². The number of hydrogen-bond donors (Lipinski definition) is 1. The van der Waals surface area contributed by atoms with E-state index in [9.17, 15) is 13.6 Å². The van der Waals surface area contributed by atoms with Gasteiger partial charge in [-0.05, 0) is 63.5 Å². The number of H-pyrrole nitrogens is 1. The highest BCUT2D eigenvalue weighted by molar-refractivity contribution is 5.96. The highest BCUT2D eigenvalue weighted by atomic mass is 19.1. The largest absolute Gasteiger partial charge is 0.350 e. The van der Waals surface area contributed by atoms with Crippen molar-refractivity contribution in [2.75, 3.05) is 20.6 Å². The first-order valence-corrected chi connectivity index (χ1v) is 10.7. The summed E-state index contributed by atoms with van der Waals surface area (Å²) in [5.74, 6) is -0.424. The average Bonchev–Trinajstić information content (AvgIpc) is 3.41. The lowest BCUT2D eigenvalue weighted by molar-refractivity contribution is 0.388. The zero-order valence-corrected chi connectivity index (χ0v) is 18.6. The quantitative estimate of drug-likeness (QED) is 0.427. The van der Waals surface area contributed by atoms with Gasteiger partial charge in [-0.2, -0.15) is 5.10 Å². The number of aryl methyl sites for hydroxylation is 2. The van der Waals surface area contributed by atoms with E-state index < -0.39 is 5.69 Å². The fourth-order valence-electron chi connectivity index (χ4n) is 4.41. The molecule has 0 amide bonds. The molecular formula is C24H24F2N6O. The number of rotatable bonds is 6. The number of nitrogens with one attached hydrogen (secondary N) is 1. The Bertz CT molecular complexity index is 1540. The minimum absolute atomic E-state index is 0.341. The smallest absolute Gasteiger partial charge is 0.348 e. The summed E-state index contributed by atoms with van der Waals surface area (Å²) in [7, 11) is 5.88. The molecule has 0 aliphatic carbocycles. The van der Waals surface area contributed by atoms with Crippen molar-refractivity contribution in [3.8, 4) is 17.1 Å². The lowest BCUT2D eigenvalue weighted by Crippen LogP contribution is -2.16. The summed E-state index contributed by atoms with van der Waals surface area (Å²) < 4.78 is 33.6. The molecule has 0 aliphatic rings. The predicted octanol–water partition coefficient (Wildman–Crippen LogP) is 3.90. The topological polar surface area (TPSA) is 63.8 Å². The third-order valence-electron chi connectivity index (χ3n) is 5.93. The van der Waals surface area contributed by atoms with E-state index in [0.29, 0.717) is 34.4 Å². The van der Waals surface area contributed by atoms with Gasteiger partial charge in [-0.25, -0.2) is 23.2 Å². The van der Waals surface area contributed by atoms with Crippen molar-refractivity contribution in [2.24, 2.45) is 7.05 Å². The maximum absolute atomic E-state index is 14.2. The summed E-state index contributed by atoms with van der Waals surface area (Å²) in [4.78, 5) is 15.0. The standard InChI is InChI=1S/C24H24F2N6O/c1-29(2)9-4-10-31-14-22(18-12-16(26)6-8-21(18)31)32-23(27-28-24(32)33)19-13-30(3)20-7-5-15(25)11-17(19)20/h5-8,11-14H,4,9-10H2,1-3H3,(H,28,33). The molecule has 0 atom stereocenters.